The van der Waals surface area contributed by atoms with Crippen LogP contribution in [0.5, 0.6) is 0 Å². The predicted molar refractivity (Wildman–Crippen MR) is 91.1 cm³/mol. The molecule has 1 aromatic carbocycles. The van der Waals surface area contributed by atoms with Crippen LogP contribution in [0.1, 0.15) is 28.3 Å². The van der Waals surface area contributed by atoms with Crippen molar-refractivity contribution in [1.82, 2.24) is 0 Å². The van der Waals surface area contributed by atoms with E-state index < -0.39 is 0 Å². The van der Waals surface area contributed by atoms with Gasteiger partial charge in [0, 0.05) is 15.3 Å². The van der Waals surface area contributed by atoms with E-state index in [1.807, 2.05) is 13.0 Å². The van der Waals surface area contributed by atoms with Gasteiger partial charge in [-0.25, -0.2) is 4.39 Å². The lowest BCUT2D eigenvalue weighted by Gasteiger charge is -2.16. The Morgan fingerprint density at radius 2 is 2.10 bits per heavy atom. The SMILES string of the molecule is Cc1ccc(C(C)Nc2ccc(C(N)=S)c(Br)c2F)s1. The molecule has 0 fully saturated rings. The van der Waals surface area contributed by atoms with Gasteiger partial charge < -0.3 is 11.1 Å². The van der Waals surface area contributed by atoms with E-state index in [9.17, 15) is 4.39 Å². The number of thiocarbonyl (C=S) groups is 1. The molecule has 0 saturated heterocycles. The van der Waals surface area contributed by atoms with Gasteiger partial charge in [-0.3, -0.25) is 0 Å². The Hall–Kier alpha value is -0.980. The molecule has 0 amide bonds. The summed E-state index contributed by atoms with van der Waals surface area (Å²) in [6.45, 7) is 4.05. The van der Waals surface area contributed by atoms with Crippen molar-refractivity contribution < 1.29 is 4.39 Å². The molecule has 0 radical (unpaired) electrons. The first kappa shape index (κ1) is 15.4. The van der Waals surface area contributed by atoms with Gasteiger partial charge in [0.1, 0.15) is 4.99 Å². The van der Waals surface area contributed by atoms with Crippen LogP contribution in [0.25, 0.3) is 0 Å². The Labute approximate surface area is 135 Å². The van der Waals surface area contributed by atoms with Gasteiger partial charge in [0.25, 0.3) is 0 Å². The number of anilines is 1. The maximum Gasteiger partial charge on any atom is 0.161 e. The largest absolute Gasteiger partial charge is 0.389 e. The fraction of sp³-hybridized carbons (Fsp3) is 0.214. The van der Waals surface area contributed by atoms with Crippen molar-refractivity contribution in [3.8, 4) is 0 Å². The second-order valence-electron chi connectivity index (χ2n) is 4.47. The lowest BCUT2D eigenvalue weighted by Crippen LogP contribution is -2.12. The minimum absolute atomic E-state index is 0.0331. The smallest absolute Gasteiger partial charge is 0.161 e. The quantitative estimate of drug-likeness (QED) is 0.759. The van der Waals surface area contributed by atoms with Gasteiger partial charge in [0.2, 0.25) is 0 Å². The summed E-state index contributed by atoms with van der Waals surface area (Å²) in [7, 11) is 0. The van der Waals surface area contributed by atoms with Crippen LogP contribution >= 0.6 is 39.5 Å². The third-order valence-electron chi connectivity index (χ3n) is 2.91. The standard InChI is InChI=1S/C14H14BrFN2S2/c1-7-3-6-11(20-7)8(2)18-10-5-4-9(14(17)19)12(15)13(10)16/h3-6,8,18H,1-2H3,(H2,17,19). The van der Waals surface area contributed by atoms with E-state index in [4.69, 9.17) is 18.0 Å². The molecule has 3 N–H and O–H groups in total. The monoisotopic (exact) mass is 372 g/mol. The molecule has 1 aromatic heterocycles. The number of benzene rings is 1. The molecular weight excluding hydrogens is 359 g/mol. The molecule has 2 rings (SSSR count). The summed E-state index contributed by atoms with van der Waals surface area (Å²) in [6, 6.07) is 7.51. The second-order valence-corrected chi connectivity index (χ2v) is 7.02. The zero-order valence-electron chi connectivity index (χ0n) is 11.0. The van der Waals surface area contributed by atoms with Gasteiger partial charge in [-0.05, 0) is 54.0 Å². The van der Waals surface area contributed by atoms with Gasteiger partial charge in [-0.2, -0.15) is 0 Å². The second kappa shape index (κ2) is 6.20. The molecule has 1 unspecified atom stereocenters. The molecule has 6 heteroatoms. The zero-order valence-corrected chi connectivity index (χ0v) is 14.3. The van der Waals surface area contributed by atoms with Crippen LogP contribution in [-0.2, 0) is 0 Å². The zero-order chi connectivity index (χ0) is 14.9. The van der Waals surface area contributed by atoms with Crippen LogP contribution in [-0.4, -0.2) is 4.99 Å². The van der Waals surface area contributed by atoms with Gasteiger partial charge in [-0.15, -0.1) is 11.3 Å². The molecule has 0 aliphatic carbocycles. The average Bonchev–Trinajstić information content (AvgIpc) is 2.81. The first-order valence-electron chi connectivity index (χ1n) is 6.01. The van der Waals surface area contributed by atoms with E-state index in [0.29, 0.717) is 15.7 Å². The molecule has 1 atom stereocenters. The summed E-state index contributed by atoms with van der Waals surface area (Å²) in [5, 5.41) is 3.17. The van der Waals surface area contributed by atoms with Crippen molar-refractivity contribution in [1.29, 1.82) is 0 Å². The summed E-state index contributed by atoms with van der Waals surface area (Å²) >= 11 is 9.78. The number of hydrogen-bond acceptors (Lipinski definition) is 3. The van der Waals surface area contributed by atoms with Crippen molar-refractivity contribution in [2.75, 3.05) is 5.32 Å². The molecule has 0 aliphatic heterocycles. The molecule has 20 heavy (non-hydrogen) atoms. The molecular formula is C14H14BrFN2S2. The number of rotatable bonds is 4. The Bertz CT molecular complexity index is 655. The molecule has 2 nitrogen and oxygen atoms in total. The van der Waals surface area contributed by atoms with Crippen LogP contribution in [0, 0.1) is 12.7 Å². The fourth-order valence-corrected chi connectivity index (χ4v) is 3.58. The number of nitrogens with one attached hydrogen (secondary N) is 1. The molecule has 106 valence electrons. The highest BCUT2D eigenvalue weighted by atomic mass is 79.9. The number of halogens is 2. The lowest BCUT2D eigenvalue weighted by atomic mass is 10.1. The van der Waals surface area contributed by atoms with Crippen LogP contribution in [0.2, 0.25) is 0 Å². The third-order valence-corrected chi connectivity index (χ3v) is 5.09. The molecule has 0 aliphatic rings. The summed E-state index contributed by atoms with van der Waals surface area (Å²) in [6.07, 6.45) is 0. The van der Waals surface area contributed by atoms with Crippen molar-refractivity contribution in [2.45, 2.75) is 19.9 Å². The van der Waals surface area contributed by atoms with E-state index >= 15 is 0 Å². The molecule has 2 aromatic rings. The Balaban J connectivity index is 2.26. The Morgan fingerprint density at radius 1 is 1.40 bits per heavy atom. The van der Waals surface area contributed by atoms with Gasteiger partial charge in [-0.1, -0.05) is 12.2 Å². The Morgan fingerprint density at radius 3 is 2.65 bits per heavy atom. The summed E-state index contributed by atoms with van der Waals surface area (Å²) in [4.78, 5) is 2.57. The summed E-state index contributed by atoms with van der Waals surface area (Å²) in [5.41, 5.74) is 6.47. The molecule has 1 heterocycles. The topological polar surface area (TPSA) is 38.0 Å². The van der Waals surface area contributed by atoms with Crippen LogP contribution in [0.15, 0.2) is 28.7 Å². The molecule has 0 bridgehead atoms. The first-order valence-corrected chi connectivity index (χ1v) is 8.02. The van der Waals surface area contributed by atoms with Gasteiger partial charge in [0.15, 0.2) is 5.82 Å². The van der Waals surface area contributed by atoms with E-state index in [1.165, 1.54) is 4.88 Å². The highest BCUT2D eigenvalue weighted by Gasteiger charge is 2.15. The van der Waals surface area contributed by atoms with Crippen molar-refractivity contribution >= 4 is 50.2 Å². The summed E-state index contributed by atoms with van der Waals surface area (Å²) in [5.74, 6) is -0.379. The molecule has 0 spiro atoms. The van der Waals surface area contributed by atoms with Crippen molar-refractivity contribution in [3.05, 3.63) is 49.9 Å². The fourth-order valence-electron chi connectivity index (χ4n) is 1.84. The predicted octanol–water partition coefficient (Wildman–Crippen LogP) is 4.77. The third kappa shape index (κ3) is 3.19. The highest BCUT2D eigenvalue weighted by Crippen LogP contribution is 2.31. The molecule has 0 saturated carbocycles. The lowest BCUT2D eigenvalue weighted by molar-refractivity contribution is 0.621. The first-order chi connectivity index (χ1) is 9.40. The van der Waals surface area contributed by atoms with Gasteiger partial charge in [0.05, 0.1) is 16.2 Å². The summed E-state index contributed by atoms with van der Waals surface area (Å²) < 4.78 is 14.6. The van der Waals surface area contributed by atoms with E-state index in [0.717, 1.165) is 4.88 Å². The number of nitrogens with two attached hydrogens (primary N) is 1. The average molecular weight is 373 g/mol. The minimum atomic E-state index is -0.379. The Kier molecular flexibility index (Phi) is 4.78. The van der Waals surface area contributed by atoms with E-state index in [1.54, 1.807) is 23.5 Å². The maximum atomic E-state index is 14.3. The van der Waals surface area contributed by atoms with Gasteiger partial charge >= 0.3 is 0 Å². The van der Waals surface area contributed by atoms with E-state index in [2.05, 4.69) is 34.2 Å². The normalized spacial score (nSPS) is 12.2. The van der Waals surface area contributed by atoms with Crippen LogP contribution in [0.3, 0.4) is 0 Å². The van der Waals surface area contributed by atoms with Crippen LogP contribution < -0.4 is 11.1 Å². The van der Waals surface area contributed by atoms with E-state index in [-0.39, 0.29) is 16.8 Å². The van der Waals surface area contributed by atoms with Crippen molar-refractivity contribution in [2.24, 2.45) is 5.73 Å². The number of thiophene rings is 1. The number of aryl methyl sites for hydroxylation is 1. The van der Waals surface area contributed by atoms with Crippen molar-refractivity contribution in [3.63, 3.8) is 0 Å². The minimum Gasteiger partial charge on any atom is -0.389 e. The highest BCUT2D eigenvalue weighted by molar-refractivity contribution is 9.10. The maximum absolute atomic E-state index is 14.3. The van der Waals surface area contributed by atoms with Crippen LogP contribution in [0.4, 0.5) is 10.1 Å². The number of hydrogen-bond donors (Lipinski definition) is 2.